The Morgan fingerprint density at radius 1 is 1.13 bits per heavy atom. The van der Waals surface area contributed by atoms with Gasteiger partial charge in [0.25, 0.3) is 0 Å². The number of aryl methyl sites for hydroxylation is 2. The molecule has 1 aliphatic carbocycles. The number of ether oxygens (including phenoxy) is 1. The number of carbonyl (C=O) groups excluding carboxylic acids is 2. The summed E-state index contributed by atoms with van der Waals surface area (Å²) in [5.74, 6) is -0.891. The minimum atomic E-state index is -3.56. The quantitative estimate of drug-likeness (QED) is 0.688. The first-order valence-corrected chi connectivity index (χ1v) is 12.7. The largest absolute Gasteiger partial charge is 0.465 e. The molecule has 1 saturated heterocycles. The first-order valence-electron chi connectivity index (χ1n) is 10.4. The molecule has 7 nitrogen and oxygen atoms in total. The molecule has 0 unspecified atom stereocenters. The molecule has 31 heavy (non-hydrogen) atoms. The molecule has 0 radical (unpaired) electrons. The highest BCUT2D eigenvalue weighted by Gasteiger charge is 2.34. The van der Waals surface area contributed by atoms with Gasteiger partial charge in [0.1, 0.15) is 5.00 Å². The second kappa shape index (κ2) is 8.72. The molecule has 2 heterocycles. The van der Waals surface area contributed by atoms with Crippen LogP contribution in [0.25, 0.3) is 0 Å². The Morgan fingerprint density at radius 3 is 2.45 bits per heavy atom. The third kappa shape index (κ3) is 4.26. The summed E-state index contributed by atoms with van der Waals surface area (Å²) < 4.78 is 32.1. The summed E-state index contributed by atoms with van der Waals surface area (Å²) in [5, 5.41) is 3.48. The van der Waals surface area contributed by atoms with Gasteiger partial charge in [-0.1, -0.05) is 17.7 Å². The van der Waals surface area contributed by atoms with Gasteiger partial charge in [0.15, 0.2) is 0 Å². The summed E-state index contributed by atoms with van der Waals surface area (Å²) in [4.78, 5) is 26.6. The number of anilines is 1. The van der Waals surface area contributed by atoms with Crippen molar-refractivity contribution in [1.82, 2.24) is 4.31 Å². The summed E-state index contributed by atoms with van der Waals surface area (Å²) in [6, 6.07) is 6.80. The van der Waals surface area contributed by atoms with Crippen LogP contribution in [0.5, 0.6) is 0 Å². The number of sulfonamides is 1. The smallest absolute Gasteiger partial charge is 0.341 e. The van der Waals surface area contributed by atoms with Crippen molar-refractivity contribution in [3.63, 3.8) is 0 Å². The Labute approximate surface area is 186 Å². The van der Waals surface area contributed by atoms with E-state index < -0.39 is 16.0 Å². The Kier molecular flexibility index (Phi) is 6.18. The van der Waals surface area contributed by atoms with Gasteiger partial charge < -0.3 is 10.1 Å². The lowest BCUT2D eigenvalue weighted by molar-refractivity contribution is -0.120. The highest BCUT2D eigenvalue weighted by molar-refractivity contribution is 7.89. The van der Waals surface area contributed by atoms with Crippen LogP contribution in [-0.4, -0.2) is 44.8 Å². The van der Waals surface area contributed by atoms with Gasteiger partial charge in [0, 0.05) is 23.9 Å². The normalized spacial score (nSPS) is 17.4. The van der Waals surface area contributed by atoms with Crippen LogP contribution in [-0.2, 0) is 32.4 Å². The molecule has 0 spiro atoms. The summed E-state index contributed by atoms with van der Waals surface area (Å²) in [6.45, 7) is 2.49. The monoisotopic (exact) mass is 462 g/mol. The molecule has 166 valence electrons. The number of rotatable bonds is 5. The first kappa shape index (κ1) is 22.0. The average Bonchev–Trinajstić information content (AvgIpc) is 3.34. The molecule has 1 N–H and O–H groups in total. The fraction of sp³-hybridized carbons (Fsp3) is 0.455. The summed E-state index contributed by atoms with van der Waals surface area (Å²) in [6.07, 6.45) is 3.62. The van der Waals surface area contributed by atoms with E-state index in [1.807, 2.05) is 6.92 Å². The molecule has 2 aliphatic rings. The van der Waals surface area contributed by atoms with E-state index in [9.17, 15) is 18.0 Å². The molecule has 0 saturated carbocycles. The average molecular weight is 463 g/mol. The van der Waals surface area contributed by atoms with E-state index in [2.05, 4.69) is 5.32 Å². The lowest BCUT2D eigenvalue weighted by Crippen LogP contribution is -2.41. The zero-order chi connectivity index (χ0) is 22.2. The van der Waals surface area contributed by atoms with Crippen LogP contribution < -0.4 is 5.32 Å². The maximum Gasteiger partial charge on any atom is 0.341 e. The molecule has 1 aromatic heterocycles. The van der Waals surface area contributed by atoms with E-state index in [4.69, 9.17) is 4.74 Å². The second-order valence-electron chi connectivity index (χ2n) is 8.03. The van der Waals surface area contributed by atoms with Gasteiger partial charge in [0.05, 0.1) is 17.6 Å². The van der Waals surface area contributed by atoms with Crippen LogP contribution in [0.15, 0.2) is 29.2 Å². The van der Waals surface area contributed by atoms with Crippen molar-refractivity contribution >= 4 is 38.2 Å². The Bertz CT molecular complexity index is 1100. The summed E-state index contributed by atoms with van der Waals surface area (Å²) in [7, 11) is -2.22. The van der Waals surface area contributed by atoms with Crippen LogP contribution in [0.2, 0.25) is 0 Å². The molecular formula is C22H26N2O5S2. The van der Waals surface area contributed by atoms with Crippen LogP contribution in [0.3, 0.4) is 0 Å². The minimum Gasteiger partial charge on any atom is -0.465 e. The Morgan fingerprint density at radius 2 is 1.81 bits per heavy atom. The number of esters is 1. The molecule has 1 aliphatic heterocycles. The van der Waals surface area contributed by atoms with Gasteiger partial charge in [-0.3, -0.25) is 4.79 Å². The van der Waals surface area contributed by atoms with Crippen molar-refractivity contribution in [2.75, 3.05) is 25.5 Å². The van der Waals surface area contributed by atoms with Crippen LogP contribution in [0, 0.1) is 12.8 Å². The number of piperidine rings is 1. The number of amides is 1. The topological polar surface area (TPSA) is 92.8 Å². The lowest BCUT2D eigenvalue weighted by atomic mass is 9.97. The van der Waals surface area contributed by atoms with Crippen molar-refractivity contribution < 1.29 is 22.7 Å². The highest BCUT2D eigenvalue weighted by atomic mass is 32.2. The Hall–Kier alpha value is -2.23. The van der Waals surface area contributed by atoms with Crippen molar-refractivity contribution in [1.29, 1.82) is 0 Å². The number of hydrogen-bond donors (Lipinski definition) is 1. The second-order valence-corrected chi connectivity index (χ2v) is 11.1. The van der Waals surface area contributed by atoms with Gasteiger partial charge in [-0.15, -0.1) is 11.3 Å². The summed E-state index contributed by atoms with van der Waals surface area (Å²) >= 11 is 1.45. The molecule has 0 atom stereocenters. The van der Waals surface area contributed by atoms with Gasteiger partial charge >= 0.3 is 5.97 Å². The van der Waals surface area contributed by atoms with Crippen LogP contribution in [0.4, 0.5) is 5.00 Å². The molecule has 1 amide bonds. The maximum atomic E-state index is 12.9. The van der Waals surface area contributed by atoms with Gasteiger partial charge in [-0.2, -0.15) is 4.31 Å². The van der Waals surface area contributed by atoms with E-state index in [-0.39, 0.29) is 16.7 Å². The van der Waals surface area contributed by atoms with E-state index in [0.29, 0.717) is 36.5 Å². The van der Waals surface area contributed by atoms with Crippen molar-refractivity contribution in [3.05, 3.63) is 45.8 Å². The molecule has 9 heteroatoms. The van der Waals surface area contributed by atoms with Gasteiger partial charge in [-0.05, 0) is 56.7 Å². The van der Waals surface area contributed by atoms with Crippen molar-refractivity contribution in [2.24, 2.45) is 5.92 Å². The Balaban J connectivity index is 1.43. The number of thiophene rings is 1. The maximum absolute atomic E-state index is 12.9. The van der Waals surface area contributed by atoms with Gasteiger partial charge in [0.2, 0.25) is 15.9 Å². The number of hydrogen-bond acceptors (Lipinski definition) is 6. The zero-order valence-electron chi connectivity index (χ0n) is 17.6. The molecule has 2 aromatic rings. The molecule has 0 bridgehead atoms. The SMILES string of the molecule is COC(=O)c1c(NC(=O)C2CCN(S(=O)(=O)c3ccc(C)cc3)CC2)sc2c1CCC2. The number of fused-ring (bicyclic) bond motifs is 1. The predicted molar refractivity (Wildman–Crippen MR) is 119 cm³/mol. The predicted octanol–water partition coefficient (Wildman–Crippen LogP) is 3.37. The number of nitrogens with zero attached hydrogens (tertiary/aromatic N) is 1. The molecule has 4 rings (SSSR count). The number of benzene rings is 1. The fourth-order valence-electron chi connectivity index (χ4n) is 4.24. The number of carbonyl (C=O) groups is 2. The number of nitrogens with one attached hydrogen (secondary N) is 1. The van der Waals surface area contributed by atoms with E-state index in [0.717, 1.165) is 35.3 Å². The van der Waals surface area contributed by atoms with E-state index in [1.54, 1.807) is 24.3 Å². The van der Waals surface area contributed by atoms with Crippen LogP contribution in [0.1, 0.15) is 45.6 Å². The first-order chi connectivity index (χ1) is 14.8. The highest BCUT2D eigenvalue weighted by Crippen LogP contribution is 2.40. The molecule has 1 aromatic carbocycles. The lowest BCUT2D eigenvalue weighted by Gasteiger charge is -2.30. The van der Waals surface area contributed by atoms with E-state index in [1.165, 1.54) is 22.8 Å². The molecular weight excluding hydrogens is 436 g/mol. The fourth-order valence-corrected chi connectivity index (χ4v) is 6.99. The number of methoxy groups -OCH3 is 1. The van der Waals surface area contributed by atoms with Crippen molar-refractivity contribution in [2.45, 2.75) is 43.9 Å². The third-order valence-corrected chi connectivity index (χ3v) is 9.15. The van der Waals surface area contributed by atoms with E-state index >= 15 is 0 Å². The summed E-state index contributed by atoms with van der Waals surface area (Å²) in [5.41, 5.74) is 2.47. The van der Waals surface area contributed by atoms with Crippen LogP contribution >= 0.6 is 11.3 Å². The zero-order valence-corrected chi connectivity index (χ0v) is 19.3. The third-order valence-electron chi connectivity index (χ3n) is 6.03. The minimum absolute atomic E-state index is 0.169. The standard InChI is InChI=1S/C22H26N2O5S2/c1-14-6-8-16(9-7-14)31(27,28)24-12-10-15(11-13-24)20(25)23-21-19(22(26)29-2)17-4-3-5-18(17)30-21/h6-9,15H,3-5,10-13H2,1-2H3,(H,23,25). The van der Waals surface area contributed by atoms with Gasteiger partial charge in [-0.25, -0.2) is 13.2 Å². The molecule has 1 fully saturated rings. The van der Waals surface area contributed by atoms with Crippen molar-refractivity contribution in [3.8, 4) is 0 Å².